The van der Waals surface area contributed by atoms with Crippen LogP contribution >= 0.6 is 92.8 Å². The normalized spacial score (nSPS) is 53.6. The number of halogens is 8. The summed E-state index contributed by atoms with van der Waals surface area (Å²) in [7, 11) is 0. The first-order valence-electron chi connectivity index (χ1n) is 10.6. The Hall–Kier alpha value is 1.05. The molecule has 8 atom stereocenters. The molecule has 13 heteroatoms. The number of hydrogen-bond acceptors (Lipinski definition) is 5. The fourth-order valence-corrected chi connectivity index (χ4v) is 11.6. The summed E-state index contributed by atoms with van der Waals surface area (Å²) >= 11 is 55.6. The molecule has 5 aliphatic carbocycles. The lowest BCUT2D eigenvalue weighted by molar-refractivity contribution is -0.176. The lowest BCUT2D eigenvalue weighted by Gasteiger charge is -2.41. The first kappa shape index (κ1) is 24.1. The van der Waals surface area contributed by atoms with Crippen molar-refractivity contribution >= 4 is 98.6 Å². The van der Waals surface area contributed by atoms with E-state index in [9.17, 15) is 4.79 Å². The van der Waals surface area contributed by atoms with E-state index < -0.39 is 54.7 Å². The van der Waals surface area contributed by atoms with E-state index in [2.05, 4.69) is 0 Å². The highest BCUT2D eigenvalue weighted by molar-refractivity contribution is 6.54. The number of allylic oxidation sites excluding steroid dienone is 2. The molecule has 7 aliphatic rings. The Morgan fingerprint density at radius 3 is 1.21 bits per heavy atom. The lowest BCUT2D eigenvalue weighted by atomic mass is 9.72. The second kappa shape index (κ2) is 6.78. The number of carbonyl (C=O) groups excluding carboxylic acids is 1. The molecule has 2 heterocycles. The molecular formula is C21H14Cl8O5. The Labute approximate surface area is 234 Å². The standard InChI is InChI=1S/C21H14Cl8O5/c22-12-14(24)18(28)9-7(16(12,26)20(18)31-3-4-32-20)1-2-8-10(11(9)30)19(29)15(25)13(23)17(8,27)21(19)33-5-6-34-21/h1-2,7-10H,3-6H2/t7-,8+,9-,10+,16-,17-,18-,19-/m1/s1. The summed E-state index contributed by atoms with van der Waals surface area (Å²) in [4.78, 5) is 8.07. The monoisotopic (exact) mass is 626 g/mol. The Morgan fingerprint density at radius 2 is 0.882 bits per heavy atom. The summed E-state index contributed by atoms with van der Waals surface area (Å²) in [5.41, 5.74) is 0. The van der Waals surface area contributed by atoms with Crippen LogP contribution in [0.3, 0.4) is 0 Å². The van der Waals surface area contributed by atoms with Crippen LogP contribution in [0.2, 0.25) is 0 Å². The average molecular weight is 630 g/mol. The summed E-state index contributed by atoms with van der Waals surface area (Å²) in [6, 6.07) is 0. The quantitative estimate of drug-likeness (QED) is 0.265. The van der Waals surface area contributed by atoms with Gasteiger partial charge in [-0.15, -0.1) is 46.4 Å². The number of Topliss-reactive ketones (excluding diaryl/α,β-unsaturated/α-hetero) is 1. The van der Waals surface area contributed by atoms with Gasteiger partial charge >= 0.3 is 0 Å². The maximum Gasteiger partial charge on any atom is 0.219 e. The van der Waals surface area contributed by atoms with Crippen molar-refractivity contribution in [2.45, 2.75) is 31.1 Å². The molecule has 4 bridgehead atoms. The van der Waals surface area contributed by atoms with Crippen molar-refractivity contribution in [3.63, 3.8) is 0 Å². The number of fused-ring (bicyclic) bond motifs is 6. The minimum Gasteiger partial charge on any atom is -0.344 e. The lowest BCUT2D eigenvalue weighted by Crippen LogP contribution is -2.58. The third-order valence-corrected chi connectivity index (χ3v) is 13.9. The van der Waals surface area contributed by atoms with Crippen molar-refractivity contribution in [1.82, 2.24) is 0 Å². The molecular weight excluding hydrogens is 616 g/mol. The van der Waals surface area contributed by atoms with Crippen LogP contribution in [0, 0.1) is 23.7 Å². The highest BCUT2D eigenvalue weighted by Gasteiger charge is 2.91. The largest absolute Gasteiger partial charge is 0.344 e. The van der Waals surface area contributed by atoms with Crippen molar-refractivity contribution in [2.75, 3.05) is 26.4 Å². The smallest absolute Gasteiger partial charge is 0.219 e. The molecule has 2 aliphatic heterocycles. The predicted molar refractivity (Wildman–Crippen MR) is 129 cm³/mol. The van der Waals surface area contributed by atoms with Gasteiger partial charge in [0.2, 0.25) is 11.6 Å². The van der Waals surface area contributed by atoms with Crippen molar-refractivity contribution in [1.29, 1.82) is 0 Å². The summed E-state index contributed by atoms with van der Waals surface area (Å²) in [5.74, 6) is -7.20. The van der Waals surface area contributed by atoms with Gasteiger partial charge < -0.3 is 18.9 Å². The molecule has 184 valence electrons. The molecule has 5 nitrogen and oxygen atoms in total. The van der Waals surface area contributed by atoms with E-state index in [0.717, 1.165) is 0 Å². The Kier molecular flexibility index (Phi) is 4.81. The second-order valence-electron chi connectivity index (χ2n) is 9.52. The number of carbonyl (C=O) groups is 1. The van der Waals surface area contributed by atoms with E-state index in [1.54, 1.807) is 12.2 Å². The minimum atomic E-state index is -1.70. The van der Waals surface area contributed by atoms with Gasteiger partial charge in [-0.25, -0.2) is 0 Å². The van der Waals surface area contributed by atoms with Crippen molar-refractivity contribution in [3.05, 3.63) is 32.3 Å². The zero-order chi connectivity index (χ0) is 24.3. The van der Waals surface area contributed by atoms with Crippen LogP contribution in [0.5, 0.6) is 0 Å². The third kappa shape index (κ3) is 1.95. The van der Waals surface area contributed by atoms with E-state index in [1.165, 1.54) is 0 Å². The summed E-state index contributed by atoms with van der Waals surface area (Å²) in [6.45, 7) is 0.833. The zero-order valence-corrected chi connectivity index (χ0v) is 22.9. The number of ether oxygens (including phenoxy) is 4. The zero-order valence-electron chi connectivity index (χ0n) is 16.9. The van der Waals surface area contributed by atoms with Gasteiger partial charge in [0.15, 0.2) is 0 Å². The number of ketones is 1. The topological polar surface area (TPSA) is 54.0 Å². The van der Waals surface area contributed by atoms with E-state index in [0.29, 0.717) is 0 Å². The Morgan fingerprint density at radius 1 is 0.588 bits per heavy atom. The van der Waals surface area contributed by atoms with Gasteiger partial charge in [-0.1, -0.05) is 58.6 Å². The number of rotatable bonds is 0. The van der Waals surface area contributed by atoms with Gasteiger partial charge in [-0.3, -0.25) is 4.79 Å². The molecule has 0 aromatic carbocycles. The predicted octanol–water partition coefficient (Wildman–Crippen LogP) is 5.42. The minimum absolute atomic E-state index is 0.00398. The van der Waals surface area contributed by atoms with E-state index in [1.807, 2.05) is 0 Å². The van der Waals surface area contributed by atoms with Gasteiger partial charge in [-0.05, 0) is 0 Å². The molecule has 0 radical (unpaired) electrons. The van der Waals surface area contributed by atoms with Gasteiger partial charge in [0.1, 0.15) is 25.3 Å². The SMILES string of the molecule is O=C1[C@@H]2[C@H](C=C[C@@H]3[C@H]1[C@@]1(Cl)C(Cl)=C(Cl)[C@@]3(Cl)C13OCCO3)[C@@]1(Cl)C(Cl)=C(Cl)[C@@]2(Cl)C12OCCO2. The highest BCUT2D eigenvalue weighted by atomic mass is 35.5. The van der Waals surface area contributed by atoms with Crippen molar-refractivity contribution in [2.24, 2.45) is 23.7 Å². The van der Waals surface area contributed by atoms with E-state index in [4.69, 9.17) is 112 Å². The Bertz CT molecular complexity index is 1070. The van der Waals surface area contributed by atoms with Crippen LogP contribution < -0.4 is 0 Å². The molecule has 7 rings (SSSR count). The van der Waals surface area contributed by atoms with Gasteiger partial charge in [0.05, 0.1) is 58.4 Å². The maximum absolute atomic E-state index is 14.6. The molecule has 0 amide bonds. The molecule has 2 saturated heterocycles. The summed E-state index contributed by atoms with van der Waals surface area (Å²) in [6.07, 6.45) is 3.52. The van der Waals surface area contributed by atoms with Crippen LogP contribution in [-0.4, -0.2) is 63.3 Å². The molecule has 2 saturated carbocycles. The van der Waals surface area contributed by atoms with Crippen molar-refractivity contribution < 1.29 is 23.7 Å². The first-order valence-corrected chi connectivity index (χ1v) is 13.6. The molecule has 0 N–H and O–H groups in total. The average Bonchev–Trinajstić information content (AvgIpc) is 3.58. The van der Waals surface area contributed by atoms with Crippen LogP contribution in [-0.2, 0) is 23.7 Å². The van der Waals surface area contributed by atoms with Gasteiger partial charge in [0, 0.05) is 11.8 Å². The second-order valence-corrected chi connectivity index (χ2v) is 13.4. The molecule has 0 aromatic rings. The molecule has 0 unspecified atom stereocenters. The van der Waals surface area contributed by atoms with Crippen LogP contribution in [0.15, 0.2) is 32.3 Å². The number of hydrogen-bond donors (Lipinski definition) is 0. The summed E-state index contributed by atoms with van der Waals surface area (Å²) < 4.78 is 24.1. The van der Waals surface area contributed by atoms with Crippen LogP contribution in [0.1, 0.15) is 0 Å². The van der Waals surface area contributed by atoms with E-state index in [-0.39, 0.29) is 52.3 Å². The number of alkyl halides is 4. The first-order chi connectivity index (χ1) is 15.9. The van der Waals surface area contributed by atoms with E-state index >= 15 is 0 Å². The van der Waals surface area contributed by atoms with Crippen LogP contribution in [0.4, 0.5) is 0 Å². The molecule has 2 spiro atoms. The van der Waals surface area contributed by atoms with Crippen molar-refractivity contribution in [3.8, 4) is 0 Å². The third-order valence-electron chi connectivity index (χ3n) is 8.60. The maximum atomic E-state index is 14.6. The highest BCUT2D eigenvalue weighted by Crippen LogP contribution is 2.80. The summed E-state index contributed by atoms with van der Waals surface area (Å²) in [5, 5.41) is 0.167. The fraction of sp³-hybridized carbons (Fsp3) is 0.667. The fourth-order valence-electron chi connectivity index (χ4n) is 7.45. The molecule has 0 aromatic heterocycles. The van der Waals surface area contributed by atoms with Crippen LogP contribution in [0.25, 0.3) is 0 Å². The van der Waals surface area contributed by atoms with Gasteiger partial charge in [-0.2, -0.15) is 0 Å². The van der Waals surface area contributed by atoms with Gasteiger partial charge in [0.25, 0.3) is 0 Å². The molecule has 4 fully saturated rings. The molecule has 34 heavy (non-hydrogen) atoms. The Balaban J connectivity index is 1.48.